The molecule has 0 fully saturated rings. The molecule has 1 aromatic carbocycles. The minimum absolute atomic E-state index is 0.151. The Hall–Kier alpha value is -1.61. The van der Waals surface area contributed by atoms with Gasteiger partial charge in [0.2, 0.25) is 0 Å². The van der Waals surface area contributed by atoms with Crippen molar-refractivity contribution in [3.05, 3.63) is 47.8 Å². The van der Waals surface area contributed by atoms with Crippen LogP contribution in [0.2, 0.25) is 0 Å². The molecule has 0 bridgehead atoms. The molecule has 0 aliphatic heterocycles. The van der Waals surface area contributed by atoms with E-state index < -0.39 is 0 Å². The Labute approximate surface area is 109 Å². The second kappa shape index (κ2) is 4.94. The van der Waals surface area contributed by atoms with Gasteiger partial charge in [-0.15, -0.1) is 0 Å². The summed E-state index contributed by atoms with van der Waals surface area (Å²) >= 11 is 0. The first kappa shape index (κ1) is 12.8. The summed E-state index contributed by atoms with van der Waals surface area (Å²) in [7, 11) is 0. The van der Waals surface area contributed by atoms with E-state index in [0.29, 0.717) is 0 Å². The third kappa shape index (κ3) is 3.44. The number of rotatable bonds is 3. The summed E-state index contributed by atoms with van der Waals surface area (Å²) in [6.07, 6.45) is 1.98. The van der Waals surface area contributed by atoms with Crippen LogP contribution in [0.15, 0.2) is 36.5 Å². The molecule has 0 aliphatic carbocycles. The summed E-state index contributed by atoms with van der Waals surface area (Å²) in [5.74, 6) is 0. The van der Waals surface area contributed by atoms with E-state index in [9.17, 15) is 0 Å². The summed E-state index contributed by atoms with van der Waals surface area (Å²) in [6.45, 7) is 9.41. The topological polar surface area (TPSA) is 29.9 Å². The lowest BCUT2D eigenvalue weighted by Gasteiger charge is -2.20. The maximum absolute atomic E-state index is 4.40. The van der Waals surface area contributed by atoms with Crippen molar-refractivity contribution in [2.24, 2.45) is 0 Å². The summed E-state index contributed by atoms with van der Waals surface area (Å²) in [4.78, 5) is 0. The highest BCUT2D eigenvalue weighted by atomic mass is 15.3. The molecule has 0 unspecified atom stereocenters. The standard InChI is InChI=1S/C15H21N3/c1-12-9-10-18(17-12)14-7-5-13(6-8-14)11-16-15(2,3)4/h5-10,16H,11H2,1-4H3. The number of hydrogen-bond acceptors (Lipinski definition) is 2. The molecule has 18 heavy (non-hydrogen) atoms. The number of aromatic nitrogens is 2. The summed E-state index contributed by atoms with van der Waals surface area (Å²) in [5, 5.41) is 7.88. The van der Waals surface area contributed by atoms with E-state index >= 15 is 0 Å². The lowest BCUT2D eigenvalue weighted by Crippen LogP contribution is -2.35. The van der Waals surface area contributed by atoms with E-state index in [0.717, 1.165) is 17.9 Å². The first-order chi connectivity index (χ1) is 8.44. The van der Waals surface area contributed by atoms with Crippen LogP contribution in [0.1, 0.15) is 32.0 Å². The molecule has 0 amide bonds. The molecule has 0 spiro atoms. The van der Waals surface area contributed by atoms with Gasteiger partial charge in [0.25, 0.3) is 0 Å². The fourth-order valence-electron chi connectivity index (χ4n) is 1.69. The highest BCUT2D eigenvalue weighted by Crippen LogP contribution is 2.10. The molecule has 2 rings (SSSR count). The number of hydrogen-bond donors (Lipinski definition) is 1. The molecule has 1 heterocycles. The molecule has 2 aromatic rings. The average molecular weight is 243 g/mol. The molecule has 0 saturated carbocycles. The molecule has 1 N–H and O–H groups in total. The van der Waals surface area contributed by atoms with Crippen LogP contribution in [0.25, 0.3) is 5.69 Å². The van der Waals surface area contributed by atoms with E-state index in [2.05, 4.69) is 55.5 Å². The molecule has 96 valence electrons. The monoisotopic (exact) mass is 243 g/mol. The van der Waals surface area contributed by atoms with Gasteiger partial charge in [-0.3, -0.25) is 0 Å². The van der Waals surface area contributed by atoms with Gasteiger partial charge >= 0.3 is 0 Å². The lowest BCUT2D eigenvalue weighted by molar-refractivity contribution is 0.424. The summed E-state index contributed by atoms with van der Waals surface area (Å²) in [6, 6.07) is 10.5. The third-order valence-electron chi connectivity index (χ3n) is 2.75. The molecule has 0 aliphatic rings. The van der Waals surface area contributed by atoms with Crippen molar-refractivity contribution < 1.29 is 0 Å². The Bertz CT molecular complexity index is 503. The molecule has 0 saturated heterocycles. The maximum atomic E-state index is 4.40. The smallest absolute Gasteiger partial charge is 0.0645 e. The predicted molar refractivity (Wildman–Crippen MR) is 74.9 cm³/mol. The highest BCUT2D eigenvalue weighted by molar-refractivity contribution is 5.34. The number of nitrogens with one attached hydrogen (secondary N) is 1. The van der Waals surface area contributed by atoms with Crippen LogP contribution in [0.3, 0.4) is 0 Å². The quantitative estimate of drug-likeness (QED) is 0.898. The molecule has 0 radical (unpaired) electrons. The van der Waals surface area contributed by atoms with E-state index in [4.69, 9.17) is 0 Å². The summed E-state index contributed by atoms with van der Waals surface area (Å²) < 4.78 is 1.90. The predicted octanol–water partition coefficient (Wildman–Crippen LogP) is 3.07. The van der Waals surface area contributed by atoms with Crippen molar-refractivity contribution in [3.63, 3.8) is 0 Å². The van der Waals surface area contributed by atoms with Gasteiger partial charge in [0.1, 0.15) is 0 Å². The van der Waals surface area contributed by atoms with Crippen molar-refractivity contribution >= 4 is 0 Å². The minimum Gasteiger partial charge on any atom is -0.308 e. The Morgan fingerprint density at radius 2 is 1.78 bits per heavy atom. The zero-order chi connectivity index (χ0) is 13.2. The van der Waals surface area contributed by atoms with Gasteiger partial charge in [0, 0.05) is 18.3 Å². The van der Waals surface area contributed by atoms with E-state index in [1.165, 1.54) is 5.56 Å². The first-order valence-electron chi connectivity index (χ1n) is 6.31. The Morgan fingerprint density at radius 1 is 1.11 bits per heavy atom. The van der Waals surface area contributed by atoms with Gasteiger partial charge in [-0.25, -0.2) is 4.68 Å². The van der Waals surface area contributed by atoms with Crippen LogP contribution in [0.4, 0.5) is 0 Å². The largest absolute Gasteiger partial charge is 0.308 e. The number of aryl methyl sites for hydroxylation is 1. The molecule has 0 atom stereocenters. The van der Waals surface area contributed by atoms with Crippen LogP contribution in [-0.4, -0.2) is 15.3 Å². The van der Waals surface area contributed by atoms with Gasteiger partial charge < -0.3 is 5.32 Å². The van der Waals surface area contributed by atoms with Crippen molar-refractivity contribution in [1.82, 2.24) is 15.1 Å². The zero-order valence-corrected chi connectivity index (χ0v) is 11.6. The highest BCUT2D eigenvalue weighted by Gasteiger charge is 2.08. The second-order valence-corrected chi connectivity index (χ2v) is 5.67. The SMILES string of the molecule is Cc1ccn(-c2ccc(CNC(C)(C)C)cc2)n1. The Balaban J connectivity index is 2.06. The van der Waals surface area contributed by atoms with Crippen LogP contribution < -0.4 is 5.32 Å². The van der Waals surface area contributed by atoms with Crippen molar-refractivity contribution in [3.8, 4) is 5.69 Å². The minimum atomic E-state index is 0.151. The van der Waals surface area contributed by atoms with E-state index in [1.807, 2.05) is 23.9 Å². The first-order valence-corrected chi connectivity index (χ1v) is 6.31. The van der Waals surface area contributed by atoms with Gasteiger partial charge in [-0.2, -0.15) is 5.10 Å². The van der Waals surface area contributed by atoms with E-state index in [-0.39, 0.29) is 5.54 Å². The van der Waals surface area contributed by atoms with Gasteiger partial charge in [0.05, 0.1) is 11.4 Å². The maximum Gasteiger partial charge on any atom is 0.0645 e. The average Bonchev–Trinajstić information content (AvgIpc) is 2.73. The summed E-state index contributed by atoms with van der Waals surface area (Å²) in [5.41, 5.74) is 3.58. The van der Waals surface area contributed by atoms with Gasteiger partial charge in [0.15, 0.2) is 0 Å². The van der Waals surface area contributed by atoms with Gasteiger partial charge in [-0.05, 0) is 51.5 Å². The molecule has 1 aromatic heterocycles. The van der Waals surface area contributed by atoms with Crippen LogP contribution >= 0.6 is 0 Å². The molecule has 3 nitrogen and oxygen atoms in total. The Morgan fingerprint density at radius 3 is 2.28 bits per heavy atom. The Kier molecular flexibility index (Phi) is 3.53. The lowest BCUT2D eigenvalue weighted by atomic mass is 10.1. The van der Waals surface area contributed by atoms with Gasteiger partial charge in [-0.1, -0.05) is 12.1 Å². The fourth-order valence-corrected chi connectivity index (χ4v) is 1.69. The van der Waals surface area contributed by atoms with E-state index in [1.54, 1.807) is 0 Å². The van der Waals surface area contributed by atoms with Crippen molar-refractivity contribution in [2.75, 3.05) is 0 Å². The van der Waals surface area contributed by atoms with Crippen LogP contribution in [0.5, 0.6) is 0 Å². The zero-order valence-electron chi connectivity index (χ0n) is 11.6. The molecular formula is C15H21N3. The molecular weight excluding hydrogens is 222 g/mol. The van der Waals surface area contributed by atoms with Crippen molar-refractivity contribution in [1.29, 1.82) is 0 Å². The molecule has 3 heteroatoms. The number of benzene rings is 1. The fraction of sp³-hybridized carbons (Fsp3) is 0.400. The third-order valence-corrected chi connectivity index (χ3v) is 2.75. The van der Waals surface area contributed by atoms with Crippen molar-refractivity contribution in [2.45, 2.75) is 39.8 Å². The number of nitrogens with zero attached hydrogens (tertiary/aromatic N) is 2. The second-order valence-electron chi connectivity index (χ2n) is 5.67. The normalized spacial score (nSPS) is 11.8. The van der Waals surface area contributed by atoms with Crippen LogP contribution in [-0.2, 0) is 6.54 Å². The van der Waals surface area contributed by atoms with Crippen LogP contribution in [0, 0.1) is 6.92 Å².